The summed E-state index contributed by atoms with van der Waals surface area (Å²) in [5.41, 5.74) is 3.93. The van der Waals surface area contributed by atoms with Crippen LogP contribution in [0.4, 0.5) is 5.69 Å². The predicted molar refractivity (Wildman–Crippen MR) is 131 cm³/mol. The number of likely N-dealkylation sites (N-methyl/N-ethyl adjacent to an activating group) is 1. The zero-order valence-electron chi connectivity index (χ0n) is 19.5. The molecule has 0 saturated carbocycles. The molecule has 0 heterocycles. The first-order chi connectivity index (χ1) is 15.7. The Morgan fingerprint density at radius 2 is 1.58 bits per heavy atom. The minimum Gasteiger partial charge on any atom is -0.497 e. The minimum atomic E-state index is -3.89. The van der Waals surface area contributed by atoms with E-state index in [1.54, 1.807) is 19.2 Å². The van der Waals surface area contributed by atoms with Crippen LogP contribution in [-0.4, -0.2) is 45.9 Å². The minimum absolute atomic E-state index is 0.123. The molecule has 1 amide bonds. The molecule has 33 heavy (non-hydrogen) atoms. The Bertz CT molecular complexity index is 1190. The average molecular weight is 467 g/mol. The highest BCUT2D eigenvalue weighted by Gasteiger charge is 2.28. The third-order valence-corrected chi connectivity index (χ3v) is 7.61. The van der Waals surface area contributed by atoms with Gasteiger partial charge in [0.15, 0.2) is 0 Å². The maximum atomic E-state index is 13.5. The van der Waals surface area contributed by atoms with Gasteiger partial charge in [-0.2, -0.15) is 4.31 Å². The maximum absolute atomic E-state index is 13.5. The van der Waals surface area contributed by atoms with Crippen molar-refractivity contribution < 1.29 is 17.9 Å². The van der Waals surface area contributed by atoms with Crippen LogP contribution in [-0.2, 0) is 21.2 Å². The van der Waals surface area contributed by atoms with Crippen molar-refractivity contribution in [3.8, 4) is 5.75 Å². The lowest BCUT2D eigenvalue weighted by molar-refractivity contribution is -0.118. The number of amides is 1. The molecule has 3 aromatic carbocycles. The number of benzene rings is 3. The number of aryl methyl sites for hydroxylation is 2. The van der Waals surface area contributed by atoms with E-state index in [4.69, 9.17) is 4.74 Å². The molecule has 3 aromatic rings. The molecule has 0 aromatic heterocycles. The first-order valence-corrected chi connectivity index (χ1v) is 12.2. The summed E-state index contributed by atoms with van der Waals surface area (Å²) in [7, 11) is -0.698. The summed E-state index contributed by atoms with van der Waals surface area (Å²) in [6.07, 6.45) is 0.497. The molecule has 6 nitrogen and oxygen atoms in total. The molecule has 0 aliphatic carbocycles. The Morgan fingerprint density at radius 3 is 2.18 bits per heavy atom. The molecule has 0 aliphatic rings. The molecule has 0 spiro atoms. The zero-order valence-corrected chi connectivity index (χ0v) is 20.3. The van der Waals surface area contributed by atoms with E-state index in [1.165, 1.54) is 28.4 Å². The van der Waals surface area contributed by atoms with E-state index in [0.29, 0.717) is 12.2 Å². The number of carbonyl (C=O) groups is 1. The van der Waals surface area contributed by atoms with E-state index in [9.17, 15) is 13.2 Å². The van der Waals surface area contributed by atoms with E-state index in [0.717, 1.165) is 22.4 Å². The topological polar surface area (TPSA) is 66.9 Å². The lowest BCUT2D eigenvalue weighted by Gasteiger charge is -2.25. The van der Waals surface area contributed by atoms with Gasteiger partial charge in [0, 0.05) is 19.3 Å². The Balaban J connectivity index is 1.86. The van der Waals surface area contributed by atoms with Crippen molar-refractivity contribution in [3.05, 3.63) is 89.5 Å². The number of rotatable bonds is 9. The Morgan fingerprint density at radius 1 is 0.909 bits per heavy atom. The lowest BCUT2D eigenvalue weighted by atomic mass is 10.1. The largest absolute Gasteiger partial charge is 0.497 e. The van der Waals surface area contributed by atoms with Crippen LogP contribution in [0.3, 0.4) is 0 Å². The second kappa shape index (κ2) is 10.6. The van der Waals surface area contributed by atoms with Crippen LogP contribution < -0.4 is 9.64 Å². The van der Waals surface area contributed by atoms with Crippen molar-refractivity contribution in [2.24, 2.45) is 0 Å². The van der Waals surface area contributed by atoms with Crippen molar-refractivity contribution in [1.29, 1.82) is 0 Å². The normalized spacial score (nSPS) is 11.4. The summed E-state index contributed by atoms with van der Waals surface area (Å²) >= 11 is 0. The number of ether oxygens (including phenoxy) is 1. The molecule has 7 heteroatoms. The molecule has 0 radical (unpaired) electrons. The number of carbonyl (C=O) groups excluding carboxylic acids is 1. The molecule has 3 rings (SSSR count). The smallest absolute Gasteiger partial charge is 0.243 e. The van der Waals surface area contributed by atoms with Gasteiger partial charge < -0.3 is 9.64 Å². The summed E-state index contributed by atoms with van der Waals surface area (Å²) in [4.78, 5) is 14.8. The van der Waals surface area contributed by atoms with E-state index in [1.807, 2.05) is 62.4 Å². The molecule has 0 fully saturated rings. The van der Waals surface area contributed by atoms with E-state index < -0.39 is 10.0 Å². The molecule has 174 valence electrons. The van der Waals surface area contributed by atoms with Gasteiger partial charge in [-0.25, -0.2) is 8.42 Å². The van der Waals surface area contributed by atoms with Crippen LogP contribution in [0.15, 0.2) is 77.7 Å². The van der Waals surface area contributed by atoms with Crippen molar-refractivity contribution in [2.75, 3.05) is 32.1 Å². The summed E-state index contributed by atoms with van der Waals surface area (Å²) in [6, 6.07) is 21.6. The number of sulfonamides is 1. The zero-order chi connectivity index (χ0) is 24.0. The molecule has 0 atom stereocenters. The quantitative estimate of drug-likeness (QED) is 0.474. The van der Waals surface area contributed by atoms with Gasteiger partial charge >= 0.3 is 0 Å². The average Bonchev–Trinajstić information content (AvgIpc) is 2.83. The third kappa shape index (κ3) is 6.00. The highest BCUT2D eigenvalue weighted by Crippen LogP contribution is 2.22. The van der Waals surface area contributed by atoms with Crippen LogP contribution in [0, 0.1) is 13.8 Å². The van der Waals surface area contributed by atoms with Gasteiger partial charge in [-0.05, 0) is 73.4 Å². The second-order valence-corrected chi connectivity index (χ2v) is 9.91. The summed E-state index contributed by atoms with van der Waals surface area (Å²) in [5.74, 6) is 0.263. The number of anilines is 1. The fourth-order valence-electron chi connectivity index (χ4n) is 3.41. The number of hydrogen-bond acceptors (Lipinski definition) is 4. The molecule has 0 aliphatic heterocycles. The van der Waals surface area contributed by atoms with E-state index in [2.05, 4.69) is 0 Å². The Hall–Kier alpha value is -3.16. The van der Waals surface area contributed by atoms with Crippen molar-refractivity contribution >= 4 is 21.6 Å². The molecule has 0 unspecified atom stereocenters. The highest BCUT2D eigenvalue weighted by atomic mass is 32.2. The van der Waals surface area contributed by atoms with Crippen molar-refractivity contribution in [1.82, 2.24) is 4.31 Å². The molecule has 0 N–H and O–H groups in total. The Labute approximate surface area is 196 Å². The third-order valence-electron chi connectivity index (χ3n) is 5.75. The van der Waals surface area contributed by atoms with Crippen LogP contribution in [0.2, 0.25) is 0 Å². The maximum Gasteiger partial charge on any atom is 0.243 e. The summed E-state index contributed by atoms with van der Waals surface area (Å²) in [5, 5.41) is 0. The van der Waals surface area contributed by atoms with Gasteiger partial charge in [0.1, 0.15) is 5.75 Å². The first-order valence-electron chi connectivity index (χ1n) is 10.7. The standard InChI is InChI=1S/C26H30N2O4S/c1-20-10-11-23(18-21(20)2)27(3)26(29)19-28(17-16-22-8-6-5-7-9-22)33(30,31)25-14-12-24(32-4)13-15-25/h5-15,18H,16-17,19H2,1-4H3. The lowest BCUT2D eigenvalue weighted by Crippen LogP contribution is -2.42. The van der Waals surface area contributed by atoms with Crippen LogP contribution in [0.5, 0.6) is 5.75 Å². The number of hydrogen-bond donors (Lipinski definition) is 0. The van der Waals surface area contributed by atoms with Gasteiger partial charge in [-0.1, -0.05) is 36.4 Å². The monoisotopic (exact) mass is 466 g/mol. The molecular weight excluding hydrogens is 436 g/mol. The van der Waals surface area contributed by atoms with Crippen molar-refractivity contribution in [3.63, 3.8) is 0 Å². The van der Waals surface area contributed by atoms with Crippen molar-refractivity contribution in [2.45, 2.75) is 25.2 Å². The second-order valence-electron chi connectivity index (χ2n) is 7.97. The Kier molecular flexibility index (Phi) is 7.89. The molecular formula is C26H30N2O4S. The van der Waals surface area contributed by atoms with Gasteiger partial charge in [0.05, 0.1) is 18.6 Å². The van der Waals surface area contributed by atoms with Crippen LogP contribution in [0.25, 0.3) is 0 Å². The first kappa shape index (κ1) is 24.5. The number of nitrogens with zero attached hydrogens (tertiary/aromatic N) is 2. The molecule has 0 bridgehead atoms. The van der Waals surface area contributed by atoms with Gasteiger partial charge in [-0.3, -0.25) is 4.79 Å². The van der Waals surface area contributed by atoms with E-state index in [-0.39, 0.29) is 23.9 Å². The number of methoxy groups -OCH3 is 1. The predicted octanol–water partition coefficient (Wildman–Crippen LogP) is 4.21. The highest BCUT2D eigenvalue weighted by molar-refractivity contribution is 7.89. The fourth-order valence-corrected chi connectivity index (χ4v) is 4.80. The van der Waals surface area contributed by atoms with Crippen LogP contribution in [0.1, 0.15) is 16.7 Å². The SMILES string of the molecule is COc1ccc(S(=O)(=O)N(CCc2ccccc2)CC(=O)N(C)c2ccc(C)c(C)c2)cc1. The van der Waals surface area contributed by atoms with Gasteiger partial charge in [-0.15, -0.1) is 0 Å². The summed E-state index contributed by atoms with van der Waals surface area (Å²) < 4.78 is 33.3. The molecule has 0 saturated heterocycles. The van der Waals surface area contributed by atoms with E-state index >= 15 is 0 Å². The van der Waals surface area contributed by atoms with Gasteiger partial charge in [0.25, 0.3) is 0 Å². The summed E-state index contributed by atoms with van der Waals surface area (Å²) in [6.45, 7) is 3.92. The van der Waals surface area contributed by atoms with Gasteiger partial charge in [0.2, 0.25) is 15.9 Å². The van der Waals surface area contributed by atoms with Crippen LogP contribution >= 0.6 is 0 Å². The fraction of sp³-hybridized carbons (Fsp3) is 0.269.